The highest BCUT2D eigenvalue weighted by atomic mass is 32.2. The van der Waals surface area contributed by atoms with E-state index < -0.39 is 5.97 Å². The first-order valence-corrected chi connectivity index (χ1v) is 12.1. The molecule has 0 aliphatic carbocycles. The van der Waals surface area contributed by atoms with Gasteiger partial charge in [-0.15, -0.1) is 0 Å². The molecule has 4 rings (SSSR count). The summed E-state index contributed by atoms with van der Waals surface area (Å²) in [5, 5.41) is 0.586. The second-order valence-corrected chi connectivity index (χ2v) is 8.61. The fourth-order valence-electron chi connectivity index (χ4n) is 3.40. The Morgan fingerprint density at radius 2 is 1.94 bits per heavy atom. The number of ether oxygens (including phenoxy) is 3. The van der Waals surface area contributed by atoms with E-state index in [9.17, 15) is 9.59 Å². The van der Waals surface area contributed by atoms with Crippen LogP contribution in [0.4, 0.5) is 5.69 Å². The molecule has 1 saturated heterocycles. The lowest BCUT2D eigenvalue weighted by Gasteiger charge is -2.15. The van der Waals surface area contributed by atoms with E-state index in [1.807, 2.05) is 42.5 Å². The molecule has 3 aromatic rings. The molecule has 0 unspecified atom stereocenters. The average Bonchev–Trinajstić information content (AvgIpc) is 3.18. The Kier molecular flexibility index (Phi) is 8.36. The maximum absolute atomic E-state index is 13.4. The molecule has 0 atom stereocenters. The number of nitrogens with zero attached hydrogens (tertiary/aromatic N) is 3. The first-order chi connectivity index (χ1) is 17.6. The number of pyridine rings is 1. The van der Waals surface area contributed by atoms with Crippen LogP contribution in [-0.2, 0) is 20.9 Å². The van der Waals surface area contributed by atoms with Gasteiger partial charge < -0.3 is 14.2 Å². The SMILES string of the molecule is CCOC(=O)COc1ccc(/C=C2\SC(=Nc3ccccc3)N(Cc3cccnc3)C2=O)cc1OC. The molecule has 1 amide bonds. The number of hydrogen-bond donors (Lipinski definition) is 0. The van der Waals surface area contributed by atoms with Gasteiger partial charge in [-0.05, 0) is 66.2 Å². The largest absolute Gasteiger partial charge is 0.493 e. The van der Waals surface area contributed by atoms with Crippen LogP contribution in [0.1, 0.15) is 18.1 Å². The number of aromatic nitrogens is 1. The lowest BCUT2D eigenvalue weighted by molar-refractivity contribution is -0.145. The fraction of sp³-hybridized carbons (Fsp3) is 0.185. The van der Waals surface area contributed by atoms with Crippen molar-refractivity contribution in [3.8, 4) is 11.5 Å². The van der Waals surface area contributed by atoms with E-state index in [2.05, 4.69) is 4.98 Å². The molecule has 1 aromatic heterocycles. The van der Waals surface area contributed by atoms with Crippen molar-refractivity contribution in [1.29, 1.82) is 0 Å². The van der Waals surface area contributed by atoms with Crippen LogP contribution >= 0.6 is 11.8 Å². The molecule has 0 saturated carbocycles. The summed E-state index contributed by atoms with van der Waals surface area (Å²) in [4.78, 5) is 36.1. The van der Waals surface area contributed by atoms with Crippen LogP contribution in [0.15, 0.2) is 83.0 Å². The van der Waals surface area contributed by atoms with Crippen molar-refractivity contribution in [3.63, 3.8) is 0 Å². The molecular formula is C27H25N3O5S. The van der Waals surface area contributed by atoms with Gasteiger partial charge in [0.2, 0.25) is 0 Å². The van der Waals surface area contributed by atoms with Crippen molar-refractivity contribution in [2.45, 2.75) is 13.5 Å². The fourth-order valence-corrected chi connectivity index (χ4v) is 4.40. The highest BCUT2D eigenvalue weighted by molar-refractivity contribution is 8.18. The zero-order chi connectivity index (χ0) is 25.3. The standard InChI is InChI=1S/C27H25N3O5S/c1-3-34-25(31)18-35-22-12-11-19(14-23(22)33-2)15-24-26(32)30(17-20-8-7-13-28-16-20)27(36-24)29-21-9-5-4-6-10-21/h4-16H,3,17-18H2,1-2H3/b24-15-,29-27?. The molecule has 1 aliphatic heterocycles. The number of benzene rings is 2. The minimum Gasteiger partial charge on any atom is -0.493 e. The number of amides is 1. The number of amidine groups is 1. The van der Waals surface area contributed by atoms with E-state index in [0.29, 0.717) is 28.1 Å². The van der Waals surface area contributed by atoms with E-state index >= 15 is 0 Å². The molecule has 0 radical (unpaired) electrons. The van der Waals surface area contributed by atoms with Gasteiger partial charge in [0.25, 0.3) is 5.91 Å². The second-order valence-electron chi connectivity index (χ2n) is 7.60. The van der Waals surface area contributed by atoms with Crippen molar-refractivity contribution in [2.24, 2.45) is 4.99 Å². The third-order valence-electron chi connectivity index (χ3n) is 5.07. The number of carbonyl (C=O) groups is 2. The van der Waals surface area contributed by atoms with Gasteiger partial charge in [-0.2, -0.15) is 0 Å². The van der Waals surface area contributed by atoms with Crippen LogP contribution in [0.3, 0.4) is 0 Å². The molecule has 2 aromatic carbocycles. The lowest BCUT2D eigenvalue weighted by Crippen LogP contribution is -2.28. The van der Waals surface area contributed by atoms with E-state index in [4.69, 9.17) is 19.2 Å². The molecule has 0 bridgehead atoms. The molecule has 9 heteroatoms. The Hall–Kier alpha value is -4.11. The summed E-state index contributed by atoms with van der Waals surface area (Å²) in [6.45, 7) is 2.15. The summed E-state index contributed by atoms with van der Waals surface area (Å²) >= 11 is 1.31. The summed E-state index contributed by atoms with van der Waals surface area (Å²) in [5.74, 6) is 0.231. The molecule has 184 valence electrons. The Bertz CT molecular complexity index is 1280. The summed E-state index contributed by atoms with van der Waals surface area (Å²) in [7, 11) is 1.51. The maximum atomic E-state index is 13.4. The zero-order valence-corrected chi connectivity index (χ0v) is 20.7. The Labute approximate surface area is 213 Å². The van der Waals surface area contributed by atoms with Crippen molar-refractivity contribution < 1.29 is 23.8 Å². The maximum Gasteiger partial charge on any atom is 0.344 e. The van der Waals surface area contributed by atoms with Gasteiger partial charge in [0.1, 0.15) is 0 Å². The van der Waals surface area contributed by atoms with E-state index in [1.165, 1.54) is 18.9 Å². The lowest BCUT2D eigenvalue weighted by atomic mass is 10.2. The number of para-hydroxylation sites is 1. The third-order valence-corrected chi connectivity index (χ3v) is 6.08. The van der Waals surface area contributed by atoms with Gasteiger partial charge >= 0.3 is 5.97 Å². The Morgan fingerprint density at radius 1 is 1.11 bits per heavy atom. The molecule has 1 aliphatic rings. The first kappa shape index (κ1) is 25.0. The molecule has 8 nitrogen and oxygen atoms in total. The number of methoxy groups -OCH3 is 1. The molecule has 36 heavy (non-hydrogen) atoms. The smallest absolute Gasteiger partial charge is 0.344 e. The normalized spacial score (nSPS) is 15.4. The van der Waals surface area contributed by atoms with Crippen molar-refractivity contribution in [3.05, 3.63) is 89.1 Å². The van der Waals surface area contributed by atoms with Gasteiger partial charge in [0, 0.05) is 12.4 Å². The first-order valence-electron chi connectivity index (χ1n) is 11.3. The summed E-state index contributed by atoms with van der Waals surface area (Å²) in [6.07, 6.45) is 5.22. The zero-order valence-electron chi connectivity index (χ0n) is 19.9. The van der Waals surface area contributed by atoms with Gasteiger partial charge in [0.05, 0.1) is 30.9 Å². The van der Waals surface area contributed by atoms with Gasteiger partial charge in [-0.3, -0.25) is 14.7 Å². The second kappa shape index (κ2) is 12.0. The van der Waals surface area contributed by atoms with Gasteiger partial charge in [0.15, 0.2) is 23.3 Å². The van der Waals surface area contributed by atoms with E-state index in [-0.39, 0.29) is 19.1 Å². The predicted molar refractivity (Wildman–Crippen MR) is 139 cm³/mol. The van der Waals surface area contributed by atoms with Gasteiger partial charge in [-0.1, -0.05) is 30.3 Å². The summed E-state index contributed by atoms with van der Waals surface area (Å²) in [6, 6.07) is 18.5. The topological polar surface area (TPSA) is 90.3 Å². The van der Waals surface area contributed by atoms with Crippen LogP contribution in [0.2, 0.25) is 0 Å². The van der Waals surface area contributed by atoms with Crippen LogP contribution in [0.5, 0.6) is 11.5 Å². The number of esters is 1. The average molecular weight is 504 g/mol. The highest BCUT2D eigenvalue weighted by Gasteiger charge is 2.33. The molecule has 2 heterocycles. The van der Waals surface area contributed by atoms with Crippen molar-refractivity contribution in [1.82, 2.24) is 9.88 Å². The predicted octanol–water partition coefficient (Wildman–Crippen LogP) is 4.84. The number of thioether (sulfide) groups is 1. The van der Waals surface area contributed by atoms with Crippen LogP contribution in [0, 0.1) is 0 Å². The number of carbonyl (C=O) groups excluding carboxylic acids is 2. The summed E-state index contributed by atoms with van der Waals surface area (Å²) in [5.41, 5.74) is 2.40. The monoisotopic (exact) mass is 503 g/mol. The van der Waals surface area contributed by atoms with Crippen molar-refractivity contribution in [2.75, 3.05) is 20.3 Å². The molecule has 0 spiro atoms. The van der Waals surface area contributed by atoms with Crippen LogP contribution in [-0.4, -0.2) is 47.3 Å². The molecular weight excluding hydrogens is 478 g/mol. The van der Waals surface area contributed by atoms with E-state index in [1.54, 1.807) is 48.5 Å². The van der Waals surface area contributed by atoms with E-state index in [0.717, 1.165) is 16.8 Å². The minimum atomic E-state index is -0.461. The van der Waals surface area contributed by atoms with Crippen molar-refractivity contribution >= 4 is 40.6 Å². The number of hydrogen-bond acceptors (Lipinski definition) is 8. The van der Waals surface area contributed by atoms with Gasteiger partial charge in [-0.25, -0.2) is 9.79 Å². The molecule has 0 N–H and O–H groups in total. The highest BCUT2D eigenvalue weighted by Crippen LogP contribution is 2.36. The van der Waals surface area contributed by atoms with Crippen LogP contribution < -0.4 is 9.47 Å². The number of aliphatic imine (C=N–C) groups is 1. The third kappa shape index (κ3) is 6.31. The Morgan fingerprint density at radius 3 is 2.67 bits per heavy atom. The quantitative estimate of drug-likeness (QED) is 0.305. The Balaban J connectivity index is 1.60. The molecule has 1 fully saturated rings. The van der Waals surface area contributed by atoms with Crippen LogP contribution in [0.25, 0.3) is 6.08 Å². The minimum absolute atomic E-state index is 0.153. The number of rotatable bonds is 9. The summed E-state index contributed by atoms with van der Waals surface area (Å²) < 4.78 is 15.9.